The summed E-state index contributed by atoms with van der Waals surface area (Å²) < 4.78 is 0. The fourth-order valence-electron chi connectivity index (χ4n) is 4.01. The number of aryl methyl sites for hydroxylation is 3. The Bertz CT molecular complexity index is 701. The van der Waals surface area contributed by atoms with Crippen molar-refractivity contribution in [1.29, 1.82) is 0 Å². The highest BCUT2D eigenvalue weighted by molar-refractivity contribution is 5.77. The van der Waals surface area contributed by atoms with Crippen molar-refractivity contribution in [3.8, 4) is 0 Å². The molecule has 0 amide bonds. The van der Waals surface area contributed by atoms with E-state index in [0.29, 0.717) is 0 Å². The largest absolute Gasteiger partial charge is 0.481 e. The number of hydrogen-bond acceptors (Lipinski definition) is 2. The van der Waals surface area contributed by atoms with E-state index in [0.717, 1.165) is 77.0 Å². The first kappa shape index (κ1) is 23.4. The Morgan fingerprint density at radius 2 is 1.62 bits per heavy atom. The molecule has 0 saturated heterocycles. The third kappa shape index (κ3) is 7.17. The van der Waals surface area contributed by atoms with Gasteiger partial charge in [0, 0.05) is 0 Å². The van der Waals surface area contributed by atoms with Gasteiger partial charge < -0.3 is 10.2 Å². The molecule has 0 atom stereocenters. The Kier molecular flexibility index (Phi) is 8.30. The maximum absolute atomic E-state index is 11.2. The van der Waals surface area contributed by atoms with Crippen LogP contribution in [0.4, 0.5) is 0 Å². The van der Waals surface area contributed by atoms with Crippen molar-refractivity contribution < 1.29 is 19.8 Å². The lowest BCUT2D eigenvalue weighted by Gasteiger charge is -2.18. The van der Waals surface area contributed by atoms with Crippen LogP contribution in [0, 0.1) is 17.8 Å². The fraction of sp³-hybridized carbons (Fsp3) is 0.680. The summed E-state index contributed by atoms with van der Waals surface area (Å²) in [6.45, 7) is 5.77. The zero-order valence-corrected chi connectivity index (χ0v) is 18.4. The molecule has 4 heteroatoms. The van der Waals surface area contributed by atoms with E-state index in [1.807, 2.05) is 0 Å². The van der Waals surface area contributed by atoms with Crippen LogP contribution in [-0.4, -0.2) is 22.2 Å². The zero-order valence-electron chi connectivity index (χ0n) is 18.4. The third-order valence-corrected chi connectivity index (χ3v) is 6.67. The average molecular weight is 403 g/mol. The van der Waals surface area contributed by atoms with Gasteiger partial charge in [-0.2, -0.15) is 0 Å². The highest BCUT2D eigenvalue weighted by Crippen LogP contribution is 2.50. The van der Waals surface area contributed by atoms with Gasteiger partial charge in [0.05, 0.1) is 10.8 Å². The van der Waals surface area contributed by atoms with Gasteiger partial charge in [-0.25, -0.2) is 0 Å². The molecule has 1 aromatic carbocycles. The second kappa shape index (κ2) is 10.3. The van der Waals surface area contributed by atoms with Gasteiger partial charge in [-0.15, -0.1) is 0 Å². The summed E-state index contributed by atoms with van der Waals surface area (Å²) in [7, 11) is 0. The number of carbonyl (C=O) groups is 2. The van der Waals surface area contributed by atoms with Crippen LogP contribution in [0.15, 0.2) is 18.2 Å². The van der Waals surface area contributed by atoms with Crippen LogP contribution in [0.3, 0.4) is 0 Å². The molecule has 0 spiro atoms. The molecule has 0 unspecified atom stereocenters. The molecule has 0 bridgehead atoms. The average Bonchev–Trinajstić information content (AvgIpc) is 3.45. The highest BCUT2D eigenvalue weighted by Gasteiger charge is 2.49. The maximum Gasteiger partial charge on any atom is 0.309 e. The van der Waals surface area contributed by atoms with Gasteiger partial charge in [-0.05, 0) is 88.8 Å². The molecule has 1 aliphatic carbocycles. The van der Waals surface area contributed by atoms with Crippen LogP contribution in [0.5, 0.6) is 0 Å². The van der Waals surface area contributed by atoms with Crippen molar-refractivity contribution in [3.63, 3.8) is 0 Å². The molecule has 2 rings (SSSR count). The summed E-state index contributed by atoms with van der Waals surface area (Å²) in [5.41, 5.74) is 3.10. The van der Waals surface area contributed by atoms with Crippen LogP contribution in [0.25, 0.3) is 0 Å². The Balaban J connectivity index is 1.67. The predicted octanol–water partition coefficient (Wildman–Crippen LogP) is 6.18. The molecule has 4 nitrogen and oxygen atoms in total. The number of rotatable bonds is 14. The number of carboxylic acids is 2. The molecule has 1 aliphatic rings. The first-order valence-electron chi connectivity index (χ1n) is 11.2. The quantitative estimate of drug-likeness (QED) is 0.365. The SMILES string of the molecule is Cc1ccc(CCCCC2(C(=O)O)CC2)cc1CCCCCCC(C)(C)C(=O)O. The summed E-state index contributed by atoms with van der Waals surface area (Å²) >= 11 is 0. The normalized spacial score (nSPS) is 15.3. The van der Waals surface area contributed by atoms with Crippen molar-refractivity contribution in [1.82, 2.24) is 0 Å². The molecule has 1 fully saturated rings. The van der Waals surface area contributed by atoms with Crippen LogP contribution in [0.1, 0.15) is 94.7 Å². The van der Waals surface area contributed by atoms with E-state index in [2.05, 4.69) is 25.1 Å². The summed E-state index contributed by atoms with van der Waals surface area (Å²) in [5.74, 6) is -1.32. The zero-order chi connectivity index (χ0) is 21.5. The molecule has 0 radical (unpaired) electrons. The number of unbranched alkanes of at least 4 members (excludes halogenated alkanes) is 4. The lowest BCUT2D eigenvalue weighted by Crippen LogP contribution is -2.23. The predicted molar refractivity (Wildman–Crippen MR) is 116 cm³/mol. The fourth-order valence-corrected chi connectivity index (χ4v) is 4.01. The van der Waals surface area contributed by atoms with Crippen LogP contribution in [0.2, 0.25) is 0 Å². The van der Waals surface area contributed by atoms with E-state index < -0.39 is 22.8 Å². The number of aliphatic carboxylic acids is 2. The Morgan fingerprint density at radius 1 is 0.966 bits per heavy atom. The third-order valence-electron chi connectivity index (χ3n) is 6.67. The molecular formula is C25H38O4. The van der Waals surface area contributed by atoms with Crippen molar-refractivity contribution in [2.75, 3.05) is 0 Å². The van der Waals surface area contributed by atoms with E-state index in [-0.39, 0.29) is 0 Å². The second-order valence-electron chi connectivity index (χ2n) is 9.66. The minimum Gasteiger partial charge on any atom is -0.481 e. The van der Waals surface area contributed by atoms with Gasteiger partial charge in [0.1, 0.15) is 0 Å². The van der Waals surface area contributed by atoms with E-state index in [9.17, 15) is 14.7 Å². The van der Waals surface area contributed by atoms with Crippen molar-refractivity contribution in [2.24, 2.45) is 10.8 Å². The van der Waals surface area contributed by atoms with Gasteiger partial charge >= 0.3 is 11.9 Å². The van der Waals surface area contributed by atoms with E-state index in [1.54, 1.807) is 13.8 Å². The summed E-state index contributed by atoms with van der Waals surface area (Å²) in [6.07, 6.45) is 11.7. The molecule has 1 saturated carbocycles. The molecule has 2 N–H and O–H groups in total. The molecule has 29 heavy (non-hydrogen) atoms. The smallest absolute Gasteiger partial charge is 0.309 e. The van der Waals surface area contributed by atoms with Crippen LogP contribution >= 0.6 is 0 Å². The minimum atomic E-state index is -0.708. The van der Waals surface area contributed by atoms with Crippen LogP contribution < -0.4 is 0 Å². The van der Waals surface area contributed by atoms with Crippen molar-refractivity contribution >= 4 is 11.9 Å². The molecule has 0 aromatic heterocycles. The second-order valence-corrected chi connectivity index (χ2v) is 9.66. The molecule has 1 aromatic rings. The van der Waals surface area contributed by atoms with Gasteiger partial charge in [0.25, 0.3) is 0 Å². The van der Waals surface area contributed by atoms with Gasteiger partial charge in [-0.3, -0.25) is 9.59 Å². The Labute approximate surface area is 175 Å². The van der Waals surface area contributed by atoms with Crippen molar-refractivity contribution in [3.05, 3.63) is 34.9 Å². The molecule has 0 heterocycles. The van der Waals surface area contributed by atoms with Gasteiger partial charge in [0.2, 0.25) is 0 Å². The first-order valence-corrected chi connectivity index (χ1v) is 11.2. The standard InChI is InChI=1S/C25H38O4/c1-19-12-13-20(10-7-9-15-25(16-17-25)23(28)29)18-21(19)11-6-4-5-8-14-24(2,3)22(26)27/h12-13,18H,4-11,14-17H2,1-3H3,(H,26,27)(H,28,29). The Hall–Kier alpha value is -1.84. The van der Waals surface area contributed by atoms with Gasteiger partial charge in [-0.1, -0.05) is 43.9 Å². The molecular weight excluding hydrogens is 364 g/mol. The van der Waals surface area contributed by atoms with Crippen molar-refractivity contribution in [2.45, 2.75) is 97.8 Å². The summed E-state index contributed by atoms with van der Waals surface area (Å²) in [5, 5.41) is 18.4. The summed E-state index contributed by atoms with van der Waals surface area (Å²) in [6, 6.07) is 6.74. The van der Waals surface area contributed by atoms with Crippen LogP contribution in [-0.2, 0) is 22.4 Å². The number of hydrogen-bond donors (Lipinski definition) is 2. The monoisotopic (exact) mass is 402 g/mol. The highest BCUT2D eigenvalue weighted by atomic mass is 16.4. The number of benzene rings is 1. The van der Waals surface area contributed by atoms with E-state index in [4.69, 9.17) is 5.11 Å². The minimum absolute atomic E-state index is 0.391. The first-order chi connectivity index (χ1) is 13.7. The lowest BCUT2D eigenvalue weighted by atomic mass is 9.87. The Morgan fingerprint density at radius 3 is 2.24 bits per heavy atom. The van der Waals surface area contributed by atoms with E-state index in [1.165, 1.54) is 16.7 Å². The number of carboxylic acid groups (broad SMARTS) is 2. The molecule has 162 valence electrons. The molecule has 0 aliphatic heterocycles. The van der Waals surface area contributed by atoms with Gasteiger partial charge in [0.15, 0.2) is 0 Å². The topological polar surface area (TPSA) is 74.6 Å². The van der Waals surface area contributed by atoms with E-state index >= 15 is 0 Å². The maximum atomic E-state index is 11.2. The summed E-state index contributed by atoms with van der Waals surface area (Å²) in [4.78, 5) is 22.4. The lowest BCUT2D eigenvalue weighted by molar-refractivity contribution is -0.147.